The minimum absolute atomic E-state index is 0.0422. The van der Waals surface area contributed by atoms with E-state index in [2.05, 4.69) is 0 Å². The van der Waals surface area contributed by atoms with Crippen molar-refractivity contribution < 1.29 is 23.8 Å². The van der Waals surface area contributed by atoms with Crippen molar-refractivity contribution in [2.24, 2.45) is 5.92 Å². The highest BCUT2D eigenvalue weighted by Crippen LogP contribution is 2.30. The van der Waals surface area contributed by atoms with E-state index in [1.807, 2.05) is 18.7 Å². The molecular weight excluding hydrogens is 371 g/mol. The van der Waals surface area contributed by atoms with Crippen LogP contribution in [0.25, 0.3) is 0 Å². The lowest BCUT2D eigenvalue weighted by Crippen LogP contribution is -2.54. The standard InChI is InChI=1S/C21H31BN2O5/c1-15(2)24(18-10-16(14-25)12-23(22)13-18)21(26)17-6-7-19(28-4)20(11-17)29-9-5-8-27-3/h6-7,11,14-16,18H,5,8-10,12-13H2,1-4H3. The van der Waals surface area contributed by atoms with Gasteiger partial charge in [0, 0.05) is 50.2 Å². The van der Waals surface area contributed by atoms with E-state index in [9.17, 15) is 9.59 Å². The van der Waals surface area contributed by atoms with Gasteiger partial charge < -0.3 is 28.7 Å². The molecule has 8 heteroatoms. The van der Waals surface area contributed by atoms with Gasteiger partial charge in [0.15, 0.2) is 19.5 Å². The van der Waals surface area contributed by atoms with Crippen LogP contribution in [0.2, 0.25) is 0 Å². The molecular formula is C21H31BN2O5. The molecule has 1 heterocycles. The first kappa shape index (κ1) is 23.2. The van der Waals surface area contributed by atoms with Gasteiger partial charge in [-0.15, -0.1) is 0 Å². The van der Waals surface area contributed by atoms with Gasteiger partial charge in [0.2, 0.25) is 0 Å². The number of hydrogen-bond acceptors (Lipinski definition) is 6. The summed E-state index contributed by atoms with van der Waals surface area (Å²) < 4.78 is 16.2. The summed E-state index contributed by atoms with van der Waals surface area (Å²) in [5.41, 5.74) is 0.512. The van der Waals surface area contributed by atoms with Crippen LogP contribution in [0.5, 0.6) is 11.5 Å². The van der Waals surface area contributed by atoms with E-state index in [0.717, 1.165) is 12.7 Å². The van der Waals surface area contributed by atoms with Crippen LogP contribution in [0, 0.1) is 5.92 Å². The maximum absolute atomic E-state index is 13.4. The highest BCUT2D eigenvalue weighted by molar-refractivity contribution is 6.04. The lowest BCUT2D eigenvalue weighted by Gasteiger charge is -2.42. The molecule has 0 N–H and O–H groups in total. The Kier molecular flexibility index (Phi) is 8.98. The van der Waals surface area contributed by atoms with Crippen LogP contribution >= 0.6 is 0 Å². The highest BCUT2D eigenvalue weighted by Gasteiger charge is 2.33. The number of aldehydes is 1. The lowest BCUT2D eigenvalue weighted by molar-refractivity contribution is -0.112. The monoisotopic (exact) mass is 402 g/mol. The first-order valence-corrected chi connectivity index (χ1v) is 9.98. The molecule has 0 saturated carbocycles. The van der Waals surface area contributed by atoms with Crippen molar-refractivity contribution in [1.29, 1.82) is 0 Å². The molecule has 0 spiro atoms. The highest BCUT2D eigenvalue weighted by atomic mass is 16.5. The minimum Gasteiger partial charge on any atom is -0.493 e. The van der Waals surface area contributed by atoms with Gasteiger partial charge in [0.05, 0.1) is 13.7 Å². The average Bonchev–Trinajstić information content (AvgIpc) is 2.70. The molecule has 2 radical (unpaired) electrons. The van der Waals surface area contributed by atoms with Gasteiger partial charge in [-0.2, -0.15) is 0 Å². The van der Waals surface area contributed by atoms with E-state index < -0.39 is 0 Å². The summed E-state index contributed by atoms with van der Waals surface area (Å²) in [6.07, 6.45) is 2.27. The van der Waals surface area contributed by atoms with E-state index >= 15 is 0 Å². The predicted molar refractivity (Wildman–Crippen MR) is 112 cm³/mol. The van der Waals surface area contributed by atoms with E-state index in [0.29, 0.717) is 49.8 Å². The fraction of sp³-hybridized carbons (Fsp3) is 0.619. The van der Waals surface area contributed by atoms with Crippen LogP contribution in [-0.4, -0.2) is 82.5 Å². The van der Waals surface area contributed by atoms with Crippen LogP contribution in [-0.2, 0) is 9.53 Å². The van der Waals surface area contributed by atoms with Crippen LogP contribution in [0.15, 0.2) is 18.2 Å². The number of piperidine rings is 1. The molecule has 1 aliphatic heterocycles. The number of methoxy groups -OCH3 is 2. The van der Waals surface area contributed by atoms with E-state index in [4.69, 9.17) is 22.2 Å². The number of carbonyl (C=O) groups excluding carboxylic acids is 2. The molecule has 1 fully saturated rings. The van der Waals surface area contributed by atoms with Crippen LogP contribution < -0.4 is 9.47 Å². The zero-order chi connectivity index (χ0) is 21.4. The second kappa shape index (κ2) is 11.2. The van der Waals surface area contributed by atoms with Crippen molar-refractivity contribution in [2.45, 2.75) is 38.8 Å². The Bertz CT molecular complexity index is 685. The Morgan fingerprint density at radius 3 is 2.66 bits per heavy atom. The number of carbonyl (C=O) groups is 2. The maximum Gasteiger partial charge on any atom is 0.254 e. The van der Waals surface area contributed by atoms with Gasteiger partial charge in [0.1, 0.15) is 6.29 Å². The third kappa shape index (κ3) is 6.21. The Balaban J connectivity index is 2.23. The second-order valence-corrected chi connectivity index (χ2v) is 7.61. The quantitative estimate of drug-likeness (QED) is 0.339. The van der Waals surface area contributed by atoms with Crippen molar-refractivity contribution in [3.63, 3.8) is 0 Å². The first-order valence-electron chi connectivity index (χ1n) is 9.98. The summed E-state index contributed by atoms with van der Waals surface area (Å²) in [4.78, 5) is 28.1. The Hall–Kier alpha value is -2.06. The zero-order valence-corrected chi connectivity index (χ0v) is 17.8. The fourth-order valence-corrected chi connectivity index (χ4v) is 3.72. The van der Waals surface area contributed by atoms with Crippen molar-refractivity contribution >= 4 is 20.2 Å². The molecule has 0 aliphatic carbocycles. The number of ether oxygens (including phenoxy) is 3. The number of hydrogen-bond donors (Lipinski definition) is 0. The molecule has 1 aromatic carbocycles. The number of amides is 1. The molecule has 7 nitrogen and oxygen atoms in total. The smallest absolute Gasteiger partial charge is 0.254 e. The van der Waals surface area contributed by atoms with Crippen LogP contribution in [0.3, 0.4) is 0 Å². The molecule has 2 unspecified atom stereocenters. The Morgan fingerprint density at radius 2 is 2.03 bits per heavy atom. The summed E-state index contributed by atoms with van der Waals surface area (Å²) in [5, 5.41) is 0. The van der Waals surface area contributed by atoms with Gasteiger partial charge in [-0.25, -0.2) is 0 Å². The van der Waals surface area contributed by atoms with Crippen molar-refractivity contribution in [3.8, 4) is 11.5 Å². The molecule has 0 bridgehead atoms. The Morgan fingerprint density at radius 1 is 1.28 bits per heavy atom. The summed E-state index contributed by atoms with van der Waals surface area (Å²) in [6, 6.07) is 5.01. The topological polar surface area (TPSA) is 68.3 Å². The normalized spacial score (nSPS) is 19.8. The number of nitrogens with zero attached hydrogens (tertiary/aromatic N) is 2. The summed E-state index contributed by atoms with van der Waals surface area (Å²) in [5.74, 6) is 0.799. The van der Waals surface area contributed by atoms with Gasteiger partial charge in [-0.1, -0.05) is 0 Å². The SMILES string of the molecule is [B]N1CC(C=O)CC(N(C(=O)c2ccc(OC)c(OCCCOC)c2)C(C)C)C1. The van der Waals surface area contributed by atoms with Crippen LogP contribution in [0.1, 0.15) is 37.0 Å². The van der Waals surface area contributed by atoms with Crippen LogP contribution in [0.4, 0.5) is 0 Å². The second-order valence-electron chi connectivity index (χ2n) is 7.61. The zero-order valence-electron chi connectivity index (χ0n) is 17.8. The molecule has 158 valence electrons. The van der Waals surface area contributed by atoms with Gasteiger partial charge in [-0.05, 0) is 45.0 Å². The molecule has 0 aromatic heterocycles. The molecule has 1 saturated heterocycles. The van der Waals surface area contributed by atoms with E-state index in [1.54, 1.807) is 37.2 Å². The third-order valence-corrected chi connectivity index (χ3v) is 5.03. The molecule has 2 rings (SSSR count). The molecule has 29 heavy (non-hydrogen) atoms. The summed E-state index contributed by atoms with van der Waals surface area (Å²) in [6.45, 7) is 6.04. The fourth-order valence-electron chi connectivity index (χ4n) is 3.72. The van der Waals surface area contributed by atoms with Gasteiger partial charge >= 0.3 is 0 Å². The molecule has 1 aliphatic rings. The van der Waals surface area contributed by atoms with Crippen molar-refractivity contribution in [1.82, 2.24) is 9.71 Å². The summed E-state index contributed by atoms with van der Waals surface area (Å²) >= 11 is 0. The number of benzene rings is 1. The van der Waals surface area contributed by atoms with Crippen molar-refractivity contribution in [3.05, 3.63) is 23.8 Å². The van der Waals surface area contributed by atoms with E-state index in [1.165, 1.54) is 0 Å². The third-order valence-electron chi connectivity index (χ3n) is 5.03. The lowest BCUT2D eigenvalue weighted by atomic mass is 9.91. The molecule has 1 amide bonds. The van der Waals surface area contributed by atoms with Gasteiger partial charge in [0.25, 0.3) is 5.91 Å². The van der Waals surface area contributed by atoms with Crippen molar-refractivity contribution in [2.75, 3.05) is 40.5 Å². The average molecular weight is 402 g/mol. The largest absolute Gasteiger partial charge is 0.493 e. The molecule has 2 atom stereocenters. The maximum atomic E-state index is 13.4. The predicted octanol–water partition coefficient (Wildman–Crippen LogP) is 1.93. The van der Waals surface area contributed by atoms with Gasteiger partial charge in [-0.3, -0.25) is 4.79 Å². The molecule has 1 aromatic rings. The minimum atomic E-state index is -0.177. The van der Waals surface area contributed by atoms with E-state index in [-0.39, 0.29) is 23.9 Å². The Labute approximate surface area is 174 Å². The first-order chi connectivity index (χ1) is 13.9. The summed E-state index contributed by atoms with van der Waals surface area (Å²) in [7, 11) is 9.21. The number of rotatable bonds is 10.